The fourth-order valence-electron chi connectivity index (χ4n) is 7.41. The van der Waals surface area contributed by atoms with Crippen LogP contribution >= 0.6 is 0 Å². The molecule has 11 rings (SSSR count). The van der Waals surface area contributed by atoms with E-state index < -0.39 is 0 Å². The molecule has 0 fully saturated rings. The summed E-state index contributed by atoms with van der Waals surface area (Å²) >= 11 is 0. The quantitative estimate of drug-likeness (QED) is 0.216. The van der Waals surface area contributed by atoms with Gasteiger partial charge in [0.15, 0.2) is 0 Å². The third kappa shape index (κ3) is 2.35. The van der Waals surface area contributed by atoms with Gasteiger partial charge < -0.3 is 9.97 Å². The van der Waals surface area contributed by atoms with Crippen LogP contribution in [0.1, 0.15) is 22.5 Å². The van der Waals surface area contributed by atoms with Crippen molar-refractivity contribution >= 4 is 87.0 Å². The Morgan fingerprint density at radius 1 is 0.425 bits per heavy atom. The van der Waals surface area contributed by atoms with Crippen molar-refractivity contribution in [3.63, 3.8) is 0 Å². The number of rotatable bonds is 0. The van der Waals surface area contributed by atoms with E-state index >= 15 is 0 Å². The molecule has 182 valence electrons. The summed E-state index contributed by atoms with van der Waals surface area (Å²) in [5, 5.41) is 12.2. The van der Waals surface area contributed by atoms with Crippen LogP contribution in [-0.2, 0) is 0 Å². The number of nitrogens with one attached hydrogen (secondary N) is 2. The second kappa shape index (κ2) is 6.49. The van der Waals surface area contributed by atoms with E-state index in [2.05, 4.69) is 108 Å². The average Bonchev–Trinajstić information content (AvgIpc) is 3.72. The van der Waals surface area contributed by atoms with E-state index in [0.717, 1.165) is 55.6 Å². The summed E-state index contributed by atoms with van der Waals surface area (Å²) in [6.45, 7) is 0. The first-order valence-electron chi connectivity index (χ1n) is 13.7. The van der Waals surface area contributed by atoms with Gasteiger partial charge in [0.25, 0.3) is 0 Å². The van der Waals surface area contributed by atoms with Gasteiger partial charge in [0.05, 0.1) is 33.5 Å². The number of hydrogen-bond donors (Lipinski definition) is 2. The SMILES string of the molecule is [CH]1c2cc3cc4cc5cccc6cc7c(nc(cc8cc9cc%10cccc%11cc1c(n2)c(c9[nH]8)c%11%10)[CH]7)c(c4[nH]3)c65. The number of hydrogen-bond acceptors (Lipinski definition) is 2. The zero-order chi connectivity index (χ0) is 25.7. The van der Waals surface area contributed by atoms with Crippen molar-refractivity contribution in [1.82, 2.24) is 19.9 Å². The van der Waals surface area contributed by atoms with Crippen LogP contribution in [0.2, 0.25) is 0 Å². The van der Waals surface area contributed by atoms with Crippen LogP contribution in [-0.4, -0.2) is 19.9 Å². The fourth-order valence-corrected chi connectivity index (χ4v) is 7.41. The van der Waals surface area contributed by atoms with Gasteiger partial charge in [-0.05, 0) is 81.2 Å². The zero-order valence-corrected chi connectivity index (χ0v) is 21.1. The van der Waals surface area contributed by atoms with Gasteiger partial charge in [0.1, 0.15) is 0 Å². The van der Waals surface area contributed by atoms with Crippen LogP contribution in [0.15, 0.2) is 84.9 Å². The predicted molar refractivity (Wildman–Crippen MR) is 165 cm³/mol. The number of fused-ring (bicyclic) bond motifs is 4. The minimum Gasteiger partial charge on any atom is -0.354 e. The van der Waals surface area contributed by atoms with E-state index in [1.807, 2.05) is 0 Å². The first-order chi connectivity index (χ1) is 19.7. The van der Waals surface area contributed by atoms with Crippen LogP contribution in [0.5, 0.6) is 0 Å². The third-order valence-electron chi connectivity index (χ3n) is 8.96. The second-order valence-corrected chi connectivity index (χ2v) is 11.3. The molecule has 2 radical (unpaired) electrons. The van der Waals surface area contributed by atoms with Crippen LogP contribution in [0.3, 0.4) is 0 Å². The molecule has 0 saturated carbocycles. The number of aromatic nitrogens is 4. The lowest BCUT2D eigenvalue weighted by molar-refractivity contribution is 1.36. The van der Waals surface area contributed by atoms with E-state index in [1.54, 1.807) is 0 Å². The minimum atomic E-state index is 0.956. The summed E-state index contributed by atoms with van der Waals surface area (Å²) in [4.78, 5) is 17.9. The van der Waals surface area contributed by atoms with Gasteiger partial charge in [-0.25, -0.2) is 0 Å². The van der Waals surface area contributed by atoms with E-state index in [4.69, 9.17) is 9.97 Å². The first-order valence-corrected chi connectivity index (χ1v) is 13.7. The molecule has 0 saturated heterocycles. The Kier molecular flexibility index (Phi) is 3.21. The molecule has 40 heavy (non-hydrogen) atoms. The van der Waals surface area contributed by atoms with E-state index in [1.165, 1.54) is 53.9 Å². The van der Waals surface area contributed by atoms with Crippen LogP contribution in [0.25, 0.3) is 87.0 Å². The maximum atomic E-state index is 5.22. The van der Waals surface area contributed by atoms with Gasteiger partial charge in [0.2, 0.25) is 0 Å². The van der Waals surface area contributed by atoms with E-state index in [0.29, 0.717) is 0 Å². The zero-order valence-electron chi connectivity index (χ0n) is 21.1. The van der Waals surface area contributed by atoms with Crippen molar-refractivity contribution < 1.29 is 0 Å². The molecular formula is C36H18N4. The number of nitrogens with zero attached hydrogens (tertiary/aromatic N) is 2. The lowest BCUT2D eigenvalue weighted by Crippen LogP contribution is -1.86. The highest BCUT2D eigenvalue weighted by molar-refractivity contribution is 6.28. The molecule has 4 nitrogen and oxygen atoms in total. The molecule has 0 spiro atoms. The maximum Gasteiger partial charge on any atom is 0.0772 e. The van der Waals surface area contributed by atoms with Crippen LogP contribution in [0, 0.1) is 12.8 Å². The Morgan fingerprint density at radius 2 is 0.875 bits per heavy atom. The summed E-state index contributed by atoms with van der Waals surface area (Å²) < 4.78 is 0. The van der Waals surface area contributed by atoms with Gasteiger partial charge in [0, 0.05) is 56.2 Å². The molecule has 0 amide bonds. The molecule has 4 heteroatoms. The van der Waals surface area contributed by atoms with Crippen molar-refractivity contribution in [2.75, 3.05) is 0 Å². The highest BCUT2D eigenvalue weighted by atomic mass is 14.8. The molecule has 9 aromatic rings. The van der Waals surface area contributed by atoms with Crippen molar-refractivity contribution in [3.05, 3.63) is 120 Å². The van der Waals surface area contributed by atoms with E-state index in [-0.39, 0.29) is 0 Å². The smallest absolute Gasteiger partial charge is 0.0772 e. The molecule has 3 aromatic heterocycles. The van der Waals surface area contributed by atoms with E-state index in [9.17, 15) is 0 Å². The van der Waals surface area contributed by atoms with Gasteiger partial charge in [-0.2, -0.15) is 0 Å². The molecule has 0 atom stereocenters. The Balaban J connectivity index is 1.40. The summed E-state index contributed by atoms with van der Waals surface area (Å²) in [5.74, 6) is 0. The Bertz CT molecular complexity index is 2520. The van der Waals surface area contributed by atoms with Gasteiger partial charge in [-0.15, -0.1) is 0 Å². The molecule has 0 unspecified atom stereocenters. The number of benzene rings is 6. The second-order valence-electron chi connectivity index (χ2n) is 11.3. The number of aromatic amines is 2. The molecule has 2 N–H and O–H groups in total. The lowest BCUT2D eigenvalue weighted by Gasteiger charge is -2.09. The Morgan fingerprint density at radius 3 is 1.35 bits per heavy atom. The highest BCUT2D eigenvalue weighted by Crippen LogP contribution is 2.42. The lowest BCUT2D eigenvalue weighted by atomic mass is 9.94. The molecule has 2 aliphatic heterocycles. The molecular weight excluding hydrogens is 488 g/mol. The third-order valence-corrected chi connectivity index (χ3v) is 8.96. The predicted octanol–water partition coefficient (Wildman–Crippen LogP) is 8.75. The highest BCUT2D eigenvalue weighted by Gasteiger charge is 2.21. The van der Waals surface area contributed by atoms with Crippen molar-refractivity contribution in [1.29, 1.82) is 0 Å². The summed E-state index contributed by atoms with van der Waals surface area (Å²) in [7, 11) is 0. The van der Waals surface area contributed by atoms with Crippen molar-refractivity contribution in [2.24, 2.45) is 0 Å². The average molecular weight is 507 g/mol. The number of H-pyrrole nitrogens is 2. The van der Waals surface area contributed by atoms with Crippen LogP contribution < -0.4 is 0 Å². The summed E-state index contributed by atoms with van der Waals surface area (Å²) in [6, 6.07) is 31.1. The molecule has 6 aromatic carbocycles. The molecule has 5 heterocycles. The van der Waals surface area contributed by atoms with Gasteiger partial charge in [-0.3, -0.25) is 9.97 Å². The first kappa shape index (κ1) is 19.8. The van der Waals surface area contributed by atoms with Crippen LogP contribution in [0.4, 0.5) is 0 Å². The molecule has 0 aliphatic carbocycles. The van der Waals surface area contributed by atoms with Gasteiger partial charge >= 0.3 is 0 Å². The maximum absolute atomic E-state index is 5.22. The monoisotopic (exact) mass is 506 g/mol. The molecule has 2 aliphatic rings. The largest absolute Gasteiger partial charge is 0.354 e. The minimum absolute atomic E-state index is 0.956. The summed E-state index contributed by atoms with van der Waals surface area (Å²) in [5.41, 5.74) is 10.6. The summed E-state index contributed by atoms with van der Waals surface area (Å²) in [6.07, 6.45) is 4.43. The Hall–Kier alpha value is -5.22. The standard InChI is InChI=1S/C36H18N4/c1-3-17-7-21-11-25-15-27-13-23-9-19-5-2-6-20-10-24-14-28(40-36(24)32(30(19)20)35(23)39-27)16-26-12-22-8-18(4-1)29(17)31(33(21)37-25)34(22)38-26/h1-16,37,40H. The van der Waals surface area contributed by atoms with Crippen molar-refractivity contribution in [2.45, 2.75) is 0 Å². The van der Waals surface area contributed by atoms with Gasteiger partial charge in [-0.1, -0.05) is 36.4 Å². The van der Waals surface area contributed by atoms with Crippen molar-refractivity contribution in [3.8, 4) is 0 Å². The Labute approximate surface area is 226 Å². The normalized spacial score (nSPS) is 13.8. The molecule has 8 bridgehead atoms. The topological polar surface area (TPSA) is 57.4 Å². The fraction of sp³-hybridized carbons (Fsp3) is 0.